The Labute approximate surface area is 102 Å². The average molecular weight is 230 g/mol. The predicted octanol–water partition coefficient (Wildman–Crippen LogP) is 3.10. The summed E-state index contributed by atoms with van der Waals surface area (Å²) in [6.07, 6.45) is 0. The van der Waals surface area contributed by atoms with E-state index in [2.05, 4.69) is 11.4 Å². The van der Waals surface area contributed by atoms with Crippen molar-refractivity contribution in [2.24, 2.45) is 11.8 Å². The molecule has 0 heterocycles. The van der Waals surface area contributed by atoms with E-state index in [0.717, 1.165) is 11.3 Å². The molecule has 1 atom stereocenters. The van der Waals surface area contributed by atoms with Crippen LogP contribution in [0.25, 0.3) is 0 Å². The topological polar surface area (TPSA) is 52.9 Å². The molecule has 0 saturated heterocycles. The Morgan fingerprint density at radius 3 is 2.53 bits per heavy atom. The fraction of sp³-hybridized carbons (Fsp3) is 0.429. The van der Waals surface area contributed by atoms with Gasteiger partial charge in [0, 0.05) is 11.6 Å². The van der Waals surface area contributed by atoms with Crippen molar-refractivity contribution in [2.75, 3.05) is 5.32 Å². The van der Waals surface area contributed by atoms with Crippen LogP contribution in [0.1, 0.15) is 31.9 Å². The highest BCUT2D eigenvalue weighted by Gasteiger charge is 2.17. The molecule has 3 heteroatoms. The average Bonchev–Trinajstić information content (AvgIpc) is 2.30. The molecule has 1 amide bonds. The number of nitrogens with zero attached hydrogens (tertiary/aromatic N) is 1. The van der Waals surface area contributed by atoms with Gasteiger partial charge < -0.3 is 5.32 Å². The third-order valence-electron chi connectivity index (χ3n) is 3.04. The van der Waals surface area contributed by atoms with E-state index in [1.54, 1.807) is 12.1 Å². The number of hydrogen-bond donors (Lipinski definition) is 1. The van der Waals surface area contributed by atoms with Crippen molar-refractivity contribution >= 4 is 11.6 Å². The predicted molar refractivity (Wildman–Crippen MR) is 68.5 cm³/mol. The molecule has 1 aromatic rings. The highest BCUT2D eigenvalue weighted by atomic mass is 16.1. The van der Waals surface area contributed by atoms with E-state index < -0.39 is 0 Å². The van der Waals surface area contributed by atoms with E-state index in [1.165, 1.54) is 0 Å². The molecule has 90 valence electrons. The monoisotopic (exact) mass is 230 g/mol. The number of benzene rings is 1. The smallest absolute Gasteiger partial charge is 0.227 e. The normalized spacial score (nSPS) is 12.0. The zero-order valence-corrected chi connectivity index (χ0v) is 10.7. The van der Waals surface area contributed by atoms with Crippen molar-refractivity contribution in [3.8, 4) is 6.07 Å². The molecule has 1 aromatic carbocycles. The lowest BCUT2D eigenvalue weighted by molar-refractivity contribution is -0.120. The van der Waals surface area contributed by atoms with Gasteiger partial charge in [-0.15, -0.1) is 0 Å². The van der Waals surface area contributed by atoms with Crippen LogP contribution in [-0.2, 0) is 4.79 Å². The van der Waals surface area contributed by atoms with Crippen LogP contribution in [0.15, 0.2) is 18.2 Å². The first kappa shape index (κ1) is 13.2. The number of nitriles is 1. The lowest BCUT2D eigenvalue weighted by Gasteiger charge is -2.16. The molecule has 3 nitrogen and oxygen atoms in total. The molecular weight excluding hydrogens is 212 g/mol. The van der Waals surface area contributed by atoms with Gasteiger partial charge in [0.05, 0.1) is 11.6 Å². The van der Waals surface area contributed by atoms with Crippen LogP contribution in [0.4, 0.5) is 5.69 Å². The van der Waals surface area contributed by atoms with Crippen molar-refractivity contribution in [1.29, 1.82) is 5.26 Å². The summed E-state index contributed by atoms with van der Waals surface area (Å²) < 4.78 is 0. The van der Waals surface area contributed by atoms with Crippen molar-refractivity contribution in [1.82, 2.24) is 0 Å². The fourth-order valence-corrected chi connectivity index (χ4v) is 1.38. The maximum atomic E-state index is 11.9. The minimum atomic E-state index is -0.0415. The van der Waals surface area contributed by atoms with E-state index in [0.29, 0.717) is 11.5 Å². The van der Waals surface area contributed by atoms with Gasteiger partial charge in [-0.1, -0.05) is 26.8 Å². The first-order valence-electron chi connectivity index (χ1n) is 5.77. The number of carbonyl (C=O) groups excluding carboxylic acids is 1. The van der Waals surface area contributed by atoms with E-state index in [4.69, 9.17) is 5.26 Å². The third-order valence-corrected chi connectivity index (χ3v) is 3.04. The molecule has 0 saturated carbocycles. The first-order valence-corrected chi connectivity index (χ1v) is 5.77. The van der Waals surface area contributed by atoms with Crippen LogP contribution in [-0.4, -0.2) is 5.91 Å². The summed E-state index contributed by atoms with van der Waals surface area (Å²) in [5.41, 5.74) is 2.25. The zero-order valence-electron chi connectivity index (χ0n) is 10.7. The molecule has 0 radical (unpaired) electrons. The van der Waals surface area contributed by atoms with E-state index in [9.17, 15) is 4.79 Å². The van der Waals surface area contributed by atoms with Gasteiger partial charge in [-0.3, -0.25) is 4.79 Å². The minimum Gasteiger partial charge on any atom is -0.326 e. The largest absolute Gasteiger partial charge is 0.326 e. The van der Waals surface area contributed by atoms with Gasteiger partial charge in [-0.2, -0.15) is 5.26 Å². The number of carbonyl (C=O) groups is 1. The summed E-state index contributed by atoms with van der Waals surface area (Å²) in [6.45, 7) is 7.85. The van der Waals surface area contributed by atoms with E-state index in [1.807, 2.05) is 33.8 Å². The van der Waals surface area contributed by atoms with E-state index >= 15 is 0 Å². The molecule has 1 unspecified atom stereocenters. The number of nitrogens with one attached hydrogen (secondary N) is 1. The Kier molecular flexibility index (Phi) is 4.28. The van der Waals surface area contributed by atoms with Gasteiger partial charge in [-0.05, 0) is 30.5 Å². The van der Waals surface area contributed by atoms with Gasteiger partial charge in [0.25, 0.3) is 0 Å². The molecule has 17 heavy (non-hydrogen) atoms. The molecule has 0 aliphatic rings. The van der Waals surface area contributed by atoms with Crippen LogP contribution in [0.2, 0.25) is 0 Å². The second-order valence-corrected chi connectivity index (χ2v) is 4.66. The SMILES string of the molecule is Cc1ccc(C#N)cc1NC(=O)C(C)C(C)C. The molecule has 0 fully saturated rings. The van der Waals surface area contributed by atoms with Gasteiger partial charge in [0.2, 0.25) is 5.91 Å². The summed E-state index contributed by atoms with van der Waals surface area (Å²) in [6, 6.07) is 7.37. The molecule has 1 rings (SSSR count). The Balaban J connectivity index is 2.88. The summed E-state index contributed by atoms with van der Waals surface area (Å²) in [4.78, 5) is 11.9. The molecule has 0 aromatic heterocycles. The molecule has 1 N–H and O–H groups in total. The van der Waals surface area contributed by atoms with Gasteiger partial charge in [0.1, 0.15) is 0 Å². The standard InChI is InChI=1S/C14H18N2O/c1-9(2)11(4)14(17)16-13-7-12(8-15)6-5-10(13)3/h5-7,9,11H,1-4H3,(H,16,17). The van der Waals surface area contributed by atoms with Gasteiger partial charge >= 0.3 is 0 Å². The Bertz CT molecular complexity index is 458. The third kappa shape index (κ3) is 3.32. The number of rotatable bonds is 3. The number of hydrogen-bond acceptors (Lipinski definition) is 2. The maximum Gasteiger partial charge on any atom is 0.227 e. The van der Waals surface area contributed by atoms with Crippen molar-refractivity contribution in [3.05, 3.63) is 29.3 Å². The first-order chi connectivity index (χ1) is 7.95. The van der Waals surface area contributed by atoms with Gasteiger partial charge in [0.15, 0.2) is 0 Å². The molecule has 0 spiro atoms. The Morgan fingerprint density at radius 2 is 2.00 bits per heavy atom. The number of aryl methyl sites for hydroxylation is 1. The summed E-state index contributed by atoms with van der Waals surface area (Å²) in [7, 11) is 0. The molecule has 0 bridgehead atoms. The van der Waals surface area contributed by atoms with Crippen molar-refractivity contribution in [3.63, 3.8) is 0 Å². The quantitative estimate of drug-likeness (QED) is 0.867. The molecule has 0 aliphatic carbocycles. The zero-order chi connectivity index (χ0) is 13.0. The van der Waals surface area contributed by atoms with Crippen LogP contribution >= 0.6 is 0 Å². The van der Waals surface area contributed by atoms with Crippen molar-refractivity contribution < 1.29 is 4.79 Å². The highest BCUT2D eigenvalue weighted by Crippen LogP contribution is 2.19. The second kappa shape index (κ2) is 5.49. The highest BCUT2D eigenvalue weighted by molar-refractivity contribution is 5.93. The van der Waals surface area contributed by atoms with Crippen molar-refractivity contribution in [2.45, 2.75) is 27.7 Å². The van der Waals surface area contributed by atoms with Crippen LogP contribution in [0.3, 0.4) is 0 Å². The summed E-state index contributed by atoms with van der Waals surface area (Å²) in [5, 5.41) is 11.7. The number of anilines is 1. The Hall–Kier alpha value is -1.82. The molecular formula is C14H18N2O. The Morgan fingerprint density at radius 1 is 1.35 bits per heavy atom. The molecule has 0 aliphatic heterocycles. The maximum absolute atomic E-state index is 11.9. The fourth-order valence-electron chi connectivity index (χ4n) is 1.38. The van der Waals surface area contributed by atoms with Crippen LogP contribution in [0, 0.1) is 30.1 Å². The lowest BCUT2D eigenvalue weighted by Crippen LogP contribution is -2.24. The lowest BCUT2D eigenvalue weighted by atomic mass is 9.97. The van der Waals surface area contributed by atoms with Gasteiger partial charge in [-0.25, -0.2) is 0 Å². The second-order valence-electron chi connectivity index (χ2n) is 4.66. The summed E-state index contributed by atoms with van der Waals surface area (Å²) in [5.74, 6) is 0.257. The van der Waals surface area contributed by atoms with E-state index in [-0.39, 0.29) is 11.8 Å². The van der Waals surface area contributed by atoms with Crippen LogP contribution < -0.4 is 5.32 Å². The summed E-state index contributed by atoms with van der Waals surface area (Å²) >= 11 is 0. The number of amides is 1. The van der Waals surface area contributed by atoms with Crippen LogP contribution in [0.5, 0.6) is 0 Å². The minimum absolute atomic E-state index is 0.00168.